The highest BCUT2D eigenvalue weighted by Gasteiger charge is 1.99. The van der Waals surface area contributed by atoms with Crippen LogP contribution >= 0.6 is 0 Å². The second-order valence-electron chi connectivity index (χ2n) is 3.62. The van der Waals surface area contributed by atoms with Gasteiger partial charge in [0.05, 0.1) is 12.3 Å². The molecule has 0 aromatic heterocycles. The van der Waals surface area contributed by atoms with E-state index in [4.69, 9.17) is 10.5 Å². The van der Waals surface area contributed by atoms with Gasteiger partial charge in [-0.2, -0.15) is 0 Å². The molecule has 3 heteroatoms. The first kappa shape index (κ1) is 11.6. The Morgan fingerprint density at radius 2 is 1.93 bits per heavy atom. The predicted molar refractivity (Wildman–Crippen MR) is 63.7 cm³/mol. The van der Waals surface area contributed by atoms with Gasteiger partial charge >= 0.3 is 0 Å². The highest BCUT2D eigenvalue weighted by atomic mass is 16.5. The Kier molecular flexibility index (Phi) is 4.16. The molecule has 2 N–H and O–H groups in total. The standard InChI is InChI=1S/C12H18N2O/c1-4-15-11-7-5-10(6-8-11)14-12(13)9(2)3/h5-9H,4H2,1-3H3,(H2,13,14). The van der Waals surface area contributed by atoms with Crippen molar-refractivity contribution in [2.75, 3.05) is 6.61 Å². The Hall–Kier alpha value is -1.51. The van der Waals surface area contributed by atoms with Crippen LogP contribution in [0, 0.1) is 5.92 Å². The molecule has 0 fully saturated rings. The van der Waals surface area contributed by atoms with Crippen LogP contribution in [0.25, 0.3) is 0 Å². The highest BCUT2D eigenvalue weighted by Crippen LogP contribution is 2.18. The van der Waals surface area contributed by atoms with Crippen LogP contribution in [0.5, 0.6) is 5.75 Å². The summed E-state index contributed by atoms with van der Waals surface area (Å²) in [4.78, 5) is 4.30. The largest absolute Gasteiger partial charge is 0.494 e. The molecule has 0 saturated heterocycles. The van der Waals surface area contributed by atoms with Crippen molar-refractivity contribution < 1.29 is 4.74 Å². The van der Waals surface area contributed by atoms with Gasteiger partial charge in [0.2, 0.25) is 0 Å². The molecular formula is C12H18N2O. The van der Waals surface area contributed by atoms with E-state index in [-0.39, 0.29) is 5.92 Å². The van der Waals surface area contributed by atoms with E-state index in [2.05, 4.69) is 4.99 Å². The molecule has 0 unspecified atom stereocenters. The third-order valence-corrected chi connectivity index (χ3v) is 2.00. The number of rotatable bonds is 4. The van der Waals surface area contributed by atoms with Crippen molar-refractivity contribution >= 4 is 11.5 Å². The summed E-state index contributed by atoms with van der Waals surface area (Å²) in [5.74, 6) is 1.79. The maximum Gasteiger partial charge on any atom is 0.119 e. The SMILES string of the molecule is CCOc1ccc(N=C(N)C(C)C)cc1. The fourth-order valence-corrected chi connectivity index (χ4v) is 1.06. The molecule has 0 amide bonds. The third kappa shape index (κ3) is 3.62. The topological polar surface area (TPSA) is 47.6 Å². The Labute approximate surface area is 91.0 Å². The molecule has 0 heterocycles. The number of hydrogen-bond donors (Lipinski definition) is 1. The molecule has 0 saturated carbocycles. The van der Waals surface area contributed by atoms with Gasteiger partial charge in [-0.05, 0) is 31.2 Å². The van der Waals surface area contributed by atoms with Gasteiger partial charge in [-0.1, -0.05) is 13.8 Å². The number of aliphatic imine (C=N–C) groups is 1. The zero-order valence-corrected chi connectivity index (χ0v) is 9.53. The van der Waals surface area contributed by atoms with Gasteiger partial charge in [0.25, 0.3) is 0 Å². The average molecular weight is 206 g/mol. The van der Waals surface area contributed by atoms with E-state index in [0.29, 0.717) is 12.4 Å². The lowest BCUT2D eigenvalue weighted by Gasteiger charge is -2.05. The van der Waals surface area contributed by atoms with Crippen molar-refractivity contribution in [1.82, 2.24) is 0 Å². The van der Waals surface area contributed by atoms with E-state index in [1.807, 2.05) is 45.0 Å². The van der Waals surface area contributed by atoms with Crippen LogP contribution in [0.4, 0.5) is 5.69 Å². The lowest BCUT2D eigenvalue weighted by atomic mass is 10.2. The molecule has 0 atom stereocenters. The minimum atomic E-state index is 0.275. The van der Waals surface area contributed by atoms with Gasteiger partial charge in [-0.15, -0.1) is 0 Å². The summed E-state index contributed by atoms with van der Waals surface area (Å²) in [6, 6.07) is 7.60. The van der Waals surface area contributed by atoms with Crippen LogP contribution in [0.3, 0.4) is 0 Å². The van der Waals surface area contributed by atoms with Crippen LogP contribution in [0.15, 0.2) is 29.3 Å². The molecule has 15 heavy (non-hydrogen) atoms. The molecule has 82 valence electrons. The molecule has 1 rings (SSSR count). The lowest BCUT2D eigenvalue weighted by molar-refractivity contribution is 0.340. The molecule has 0 radical (unpaired) electrons. The average Bonchev–Trinajstić information content (AvgIpc) is 2.21. The molecule has 3 nitrogen and oxygen atoms in total. The first-order valence-electron chi connectivity index (χ1n) is 5.20. The van der Waals surface area contributed by atoms with Gasteiger partial charge in [0.15, 0.2) is 0 Å². The molecule has 1 aromatic rings. The van der Waals surface area contributed by atoms with Crippen LogP contribution in [0.2, 0.25) is 0 Å². The summed E-state index contributed by atoms with van der Waals surface area (Å²) in [5, 5.41) is 0. The number of nitrogens with two attached hydrogens (primary N) is 1. The van der Waals surface area contributed by atoms with E-state index in [1.54, 1.807) is 0 Å². The lowest BCUT2D eigenvalue weighted by Crippen LogP contribution is -2.17. The monoisotopic (exact) mass is 206 g/mol. The van der Waals surface area contributed by atoms with Crippen LogP contribution in [-0.2, 0) is 0 Å². The normalized spacial score (nSPS) is 11.9. The van der Waals surface area contributed by atoms with Crippen molar-refractivity contribution in [1.29, 1.82) is 0 Å². The fourth-order valence-electron chi connectivity index (χ4n) is 1.06. The third-order valence-electron chi connectivity index (χ3n) is 2.00. The Morgan fingerprint density at radius 3 is 2.40 bits per heavy atom. The van der Waals surface area contributed by atoms with E-state index < -0.39 is 0 Å². The van der Waals surface area contributed by atoms with Gasteiger partial charge < -0.3 is 10.5 Å². The number of nitrogens with zero attached hydrogens (tertiary/aromatic N) is 1. The number of ether oxygens (including phenoxy) is 1. The second-order valence-corrected chi connectivity index (χ2v) is 3.62. The van der Waals surface area contributed by atoms with Gasteiger partial charge in [-0.25, -0.2) is 4.99 Å². The summed E-state index contributed by atoms with van der Waals surface area (Å²) in [6.07, 6.45) is 0. The molecule has 1 aromatic carbocycles. The van der Waals surface area contributed by atoms with Crippen LogP contribution in [0.1, 0.15) is 20.8 Å². The Balaban J connectivity index is 2.76. The van der Waals surface area contributed by atoms with Crippen molar-refractivity contribution in [3.05, 3.63) is 24.3 Å². The van der Waals surface area contributed by atoms with Crippen LogP contribution < -0.4 is 10.5 Å². The number of benzene rings is 1. The number of amidine groups is 1. The Bertz CT molecular complexity index is 328. The zero-order chi connectivity index (χ0) is 11.3. The van der Waals surface area contributed by atoms with E-state index >= 15 is 0 Å². The number of hydrogen-bond acceptors (Lipinski definition) is 2. The quantitative estimate of drug-likeness (QED) is 0.608. The summed E-state index contributed by atoms with van der Waals surface area (Å²) in [7, 11) is 0. The van der Waals surface area contributed by atoms with Crippen molar-refractivity contribution in [2.24, 2.45) is 16.6 Å². The zero-order valence-electron chi connectivity index (χ0n) is 9.53. The second kappa shape index (κ2) is 5.39. The van der Waals surface area contributed by atoms with Crippen molar-refractivity contribution in [2.45, 2.75) is 20.8 Å². The molecule has 0 aliphatic carbocycles. The fraction of sp³-hybridized carbons (Fsp3) is 0.417. The van der Waals surface area contributed by atoms with Crippen molar-refractivity contribution in [3.8, 4) is 5.75 Å². The molecule has 0 spiro atoms. The summed E-state index contributed by atoms with van der Waals surface area (Å²) >= 11 is 0. The molecule has 0 bridgehead atoms. The van der Waals surface area contributed by atoms with E-state index in [0.717, 1.165) is 11.4 Å². The van der Waals surface area contributed by atoms with Crippen molar-refractivity contribution in [3.63, 3.8) is 0 Å². The van der Waals surface area contributed by atoms with Gasteiger partial charge in [-0.3, -0.25) is 0 Å². The summed E-state index contributed by atoms with van der Waals surface area (Å²) in [6.45, 7) is 6.68. The van der Waals surface area contributed by atoms with E-state index in [9.17, 15) is 0 Å². The highest BCUT2D eigenvalue weighted by molar-refractivity contribution is 5.84. The smallest absolute Gasteiger partial charge is 0.119 e. The van der Waals surface area contributed by atoms with Gasteiger partial charge in [0.1, 0.15) is 11.6 Å². The minimum Gasteiger partial charge on any atom is -0.494 e. The van der Waals surface area contributed by atoms with Gasteiger partial charge in [0, 0.05) is 5.92 Å². The molecule has 0 aliphatic rings. The first-order chi connectivity index (χ1) is 7.13. The molecule has 0 aliphatic heterocycles. The molecular weight excluding hydrogens is 188 g/mol. The predicted octanol–water partition coefficient (Wildman–Crippen LogP) is 2.73. The Morgan fingerprint density at radius 1 is 1.33 bits per heavy atom. The summed E-state index contributed by atoms with van der Waals surface area (Å²) < 4.78 is 5.33. The maximum absolute atomic E-state index is 5.76. The van der Waals surface area contributed by atoms with E-state index in [1.165, 1.54) is 0 Å². The first-order valence-corrected chi connectivity index (χ1v) is 5.20. The maximum atomic E-state index is 5.76. The summed E-state index contributed by atoms with van der Waals surface area (Å²) in [5.41, 5.74) is 6.63. The minimum absolute atomic E-state index is 0.275. The van der Waals surface area contributed by atoms with Crippen LogP contribution in [-0.4, -0.2) is 12.4 Å².